The predicted molar refractivity (Wildman–Crippen MR) is 76.2 cm³/mol. The van der Waals surface area contributed by atoms with Crippen LogP contribution in [0.4, 0.5) is 11.6 Å². The number of hydrogen-bond donors (Lipinski definition) is 2. The largest absolute Gasteiger partial charge is 0.383 e. The monoisotopic (exact) mass is 293 g/mol. The minimum Gasteiger partial charge on any atom is -0.383 e. The first-order valence-electron chi connectivity index (χ1n) is 5.85. The highest BCUT2D eigenvalue weighted by atomic mass is 35.5. The molecule has 1 aliphatic carbocycles. The first-order valence-corrected chi connectivity index (χ1v) is 7.05. The molecule has 0 aliphatic heterocycles. The summed E-state index contributed by atoms with van der Waals surface area (Å²) >= 11 is 7.20. The number of nitrogens with two attached hydrogens (primary N) is 2. The number of hydrogen-bond acceptors (Lipinski definition) is 6. The quantitative estimate of drug-likeness (QED) is 0.904. The van der Waals surface area contributed by atoms with E-state index in [1.165, 1.54) is 18.0 Å². The maximum absolute atomic E-state index is 5.97. The maximum Gasteiger partial charge on any atom is 0.158 e. The Balaban J connectivity index is 1.97. The van der Waals surface area contributed by atoms with Crippen LogP contribution >= 0.6 is 23.4 Å². The topological polar surface area (TPSA) is 90.7 Å². The second kappa shape index (κ2) is 4.86. The summed E-state index contributed by atoms with van der Waals surface area (Å²) in [6.07, 6.45) is 5.50. The van der Waals surface area contributed by atoms with Crippen molar-refractivity contribution in [2.24, 2.45) is 0 Å². The summed E-state index contributed by atoms with van der Waals surface area (Å²) in [5.41, 5.74) is 12.9. The Morgan fingerprint density at radius 3 is 2.68 bits per heavy atom. The minimum absolute atomic E-state index is 0.290. The van der Waals surface area contributed by atoms with Gasteiger partial charge in [-0.25, -0.2) is 15.0 Å². The normalized spacial score (nSPS) is 14.6. The molecular formula is C12H12ClN5S. The van der Waals surface area contributed by atoms with Crippen molar-refractivity contribution >= 4 is 35.0 Å². The van der Waals surface area contributed by atoms with Gasteiger partial charge in [-0.2, -0.15) is 0 Å². The van der Waals surface area contributed by atoms with Crippen LogP contribution in [0.2, 0.25) is 5.15 Å². The first kappa shape index (κ1) is 12.5. The van der Waals surface area contributed by atoms with E-state index in [9.17, 15) is 0 Å². The average molecular weight is 294 g/mol. The van der Waals surface area contributed by atoms with E-state index in [4.69, 9.17) is 23.1 Å². The summed E-state index contributed by atoms with van der Waals surface area (Å²) in [7, 11) is 0. The van der Waals surface area contributed by atoms with Gasteiger partial charge < -0.3 is 11.5 Å². The van der Waals surface area contributed by atoms with E-state index < -0.39 is 0 Å². The highest BCUT2D eigenvalue weighted by Crippen LogP contribution is 2.47. The molecule has 0 radical (unpaired) electrons. The number of nitrogens with zero attached hydrogens (tertiary/aromatic N) is 3. The summed E-state index contributed by atoms with van der Waals surface area (Å²) in [4.78, 5) is 13.4. The van der Waals surface area contributed by atoms with Crippen molar-refractivity contribution in [3.63, 3.8) is 0 Å². The Kier molecular flexibility index (Phi) is 3.20. The minimum atomic E-state index is 0.290. The van der Waals surface area contributed by atoms with Crippen molar-refractivity contribution < 1.29 is 0 Å². The third-order valence-corrected chi connectivity index (χ3v) is 4.17. The van der Waals surface area contributed by atoms with Crippen LogP contribution in [0, 0.1) is 0 Å². The van der Waals surface area contributed by atoms with Gasteiger partial charge in [-0.1, -0.05) is 23.4 Å². The van der Waals surface area contributed by atoms with Gasteiger partial charge in [-0.3, -0.25) is 0 Å². The molecule has 98 valence electrons. The van der Waals surface area contributed by atoms with E-state index in [1.807, 2.05) is 6.07 Å². The van der Waals surface area contributed by atoms with E-state index in [0.717, 1.165) is 23.3 Å². The van der Waals surface area contributed by atoms with Gasteiger partial charge in [0.15, 0.2) is 5.82 Å². The van der Waals surface area contributed by atoms with Crippen LogP contribution < -0.4 is 11.5 Å². The maximum atomic E-state index is 5.97. The molecule has 1 fully saturated rings. The average Bonchev–Trinajstić information content (AvgIpc) is 3.17. The SMILES string of the molecule is Nc1nc(Cl)cnc1Sc1ccnc(N)c1C1CC1. The number of anilines is 2. The summed E-state index contributed by atoms with van der Waals surface area (Å²) < 4.78 is 0. The number of rotatable bonds is 3. The van der Waals surface area contributed by atoms with E-state index in [0.29, 0.717) is 27.7 Å². The molecule has 2 aromatic rings. The van der Waals surface area contributed by atoms with Gasteiger partial charge >= 0.3 is 0 Å². The lowest BCUT2D eigenvalue weighted by Gasteiger charge is -2.10. The lowest BCUT2D eigenvalue weighted by atomic mass is 10.2. The highest BCUT2D eigenvalue weighted by Gasteiger charge is 2.29. The molecule has 19 heavy (non-hydrogen) atoms. The molecule has 3 rings (SSSR count). The van der Waals surface area contributed by atoms with E-state index >= 15 is 0 Å². The van der Waals surface area contributed by atoms with Gasteiger partial charge in [0.05, 0.1) is 6.20 Å². The lowest BCUT2D eigenvalue weighted by molar-refractivity contribution is 1.03. The Morgan fingerprint density at radius 1 is 1.21 bits per heavy atom. The number of nitrogen functional groups attached to an aromatic ring is 2. The summed E-state index contributed by atoms with van der Waals surface area (Å²) in [5.74, 6) is 1.43. The molecule has 2 aromatic heterocycles. The molecule has 0 saturated heterocycles. The number of pyridine rings is 1. The molecule has 1 aliphatic rings. The van der Waals surface area contributed by atoms with Crippen LogP contribution in [-0.2, 0) is 0 Å². The zero-order chi connectivity index (χ0) is 13.4. The van der Waals surface area contributed by atoms with Crippen LogP contribution in [0.1, 0.15) is 24.3 Å². The zero-order valence-electron chi connectivity index (χ0n) is 10.0. The second-order valence-electron chi connectivity index (χ2n) is 4.37. The Bertz CT molecular complexity index is 630. The molecule has 4 N–H and O–H groups in total. The van der Waals surface area contributed by atoms with Crippen molar-refractivity contribution in [1.82, 2.24) is 15.0 Å². The zero-order valence-corrected chi connectivity index (χ0v) is 11.6. The lowest BCUT2D eigenvalue weighted by Crippen LogP contribution is -2.00. The van der Waals surface area contributed by atoms with E-state index in [1.54, 1.807) is 6.20 Å². The molecule has 1 saturated carbocycles. The van der Waals surface area contributed by atoms with Crippen LogP contribution in [0.15, 0.2) is 28.4 Å². The number of halogens is 1. The van der Waals surface area contributed by atoms with E-state index in [2.05, 4.69) is 15.0 Å². The van der Waals surface area contributed by atoms with Crippen LogP contribution in [0.3, 0.4) is 0 Å². The highest BCUT2D eigenvalue weighted by molar-refractivity contribution is 7.99. The van der Waals surface area contributed by atoms with Gasteiger partial charge in [0.1, 0.15) is 16.0 Å². The fourth-order valence-corrected chi connectivity index (χ4v) is 3.01. The van der Waals surface area contributed by atoms with Crippen LogP contribution in [-0.4, -0.2) is 15.0 Å². The summed E-state index contributed by atoms with van der Waals surface area (Å²) in [6.45, 7) is 0. The third-order valence-electron chi connectivity index (χ3n) is 2.91. The Morgan fingerprint density at radius 2 is 2.00 bits per heavy atom. The molecule has 0 spiro atoms. The Hall–Kier alpha value is -1.53. The van der Waals surface area contributed by atoms with Crippen molar-refractivity contribution in [1.29, 1.82) is 0 Å². The number of aromatic nitrogens is 3. The Labute approximate surface area is 119 Å². The molecule has 2 heterocycles. The van der Waals surface area contributed by atoms with Crippen LogP contribution in [0.25, 0.3) is 0 Å². The summed E-state index contributed by atoms with van der Waals surface area (Å²) in [5, 5.41) is 0.926. The standard InChI is InChI=1S/C12H12ClN5S/c13-8-5-17-12(11(15)18-8)19-7-3-4-16-10(14)9(7)6-1-2-6/h3-6H,1-2H2,(H2,14,16)(H2,15,18). The van der Waals surface area contributed by atoms with Crippen molar-refractivity contribution in [2.75, 3.05) is 11.5 Å². The van der Waals surface area contributed by atoms with Crippen LogP contribution in [0.5, 0.6) is 0 Å². The predicted octanol–water partition coefficient (Wildman–Crippen LogP) is 2.72. The molecule has 5 nitrogen and oxygen atoms in total. The van der Waals surface area contributed by atoms with Gasteiger partial charge in [0, 0.05) is 16.7 Å². The molecule has 0 amide bonds. The van der Waals surface area contributed by atoms with Gasteiger partial charge in [-0.05, 0) is 24.8 Å². The molecule has 0 atom stereocenters. The molecule has 0 aromatic carbocycles. The first-order chi connectivity index (χ1) is 9.15. The third kappa shape index (κ3) is 2.59. The van der Waals surface area contributed by atoms with Gasteiger partial charge in [0.2, 0.25) is 0 Å². The fourth-order valence-electron chi connectivity index (χ4n) is 1.89. The summed E-state index contributed by atoms with van der Waals surface area (Å²) in [6, 6.07) is 1.93. The molecule has 7 heteroatoms. The smallest absolute Gasteiger partial charge is 0.158 e. The molecule has 0 unspecified atom stereocenters. The van der Waals surface area contributed by atoms with Gasteiger partial charge in [-0.15, -0.1) is 0 Å². The second-order valence-corrected chi connectivity index (χ2v) is 5.79. The molecule has 0 bridgehead atoms. The van der Waals surface area contributed by atoms with Crippen molar-refractivity contribution in [3.05, 3.63) is 29.2 Å². The van der Waals surface area contributed by atoms with E-state index in [-0.39, 0.29) is 0 Å². The van der Waals surface area contributed by atoms with Gasteiger partial charge in [0.25, 0.3) is 0 Å². The molecular weight excluding hydrogens is 282 g/mol. The van der Waals surface area contributed by atoms with Crippen molar-refractivity contribution in [3.8, 4) is 0 Å². The van der Waals surface area contributed by atoms with Crippen molar-refractivity contribution in [2.45, 2.75) is 28.7 Å². The fraction of sp³-hybridized carbons (Fsp3) is 0.250.